The van der Waals surface area contributed by atoms with Crippen molar-refractivity contribution >= 4 is 38.3 Å². The van der Waals surface area contributed by atoms with Gasteiger partial charge in [0.25, 0.3) is 0 Å². The normalized spacial score (nSPS) is 14.2. The molecule has 1 amide bonds. The molecule has 0 atom stereocenters. The number of thiazole rings is 1. The lowest BCUT2D eigenvalue weighted by Crippen LogP contribution is -2.34. The van der Waals surface area contributed by atoms with E-state index in [4.69, 9.17) is 4.74 Å². The summed E-state index contributed by atoms with van der Waals surface area (Å²) in [4.78, 5) is 18.7. The molecular weight excluding hydrogens is 298 g/mol. The Balaban J connectivity index is 1.92. The second-order valence-corrected chi connectivity index (χ2v) is 6.42. The van der Waals surface area contributed by atoms with Crippen molar-refractivity contribution in [3.63, 3.8) is 0 Å². The van der Waals surface area contributed by atoms with E-state index in [-0.39, 0.29) is 5.91 Å². The lowest BCUT2D eigenvalue weighted by Gasteiger charge is -2.29. The van der Waals surface area contributed by atoms with Crippen LogP contribution in [0.1, 0.15) is 25.3 Å². The number of hydrogen-bond donors (Lipinski definition) is 1. The number of carbonyl (C=O) groups is 1. The molecule has 0 saturated heterocycles. The Kier molecular flexibility index (Phi) is 4.59. The first kappa shape index (κ1) is 15.2. The van der Waals surface area contributed by atoms with Gasteiger partial charge in [-0.3, -0.25) is 4.79 Å². The van der Waals surface area contributed by atoms with Gasteiger partial charge < -0.3 is 15.0 Å². The second-order valence-electron chi connectivity index (χ2n) is 5.39. The van der Waals surface area contributed by atoms with Crippen LogP contribution in [-0.2, 0) is 16.0 Å². The van der Waals surface area contributed by atoms with Crippen molar-refractivity contribution in [3.8, 4) is 0 Å². The average Bonchev–Trinajstić information content (AvgIpc) is 2.93. The molecule has 0 saturated carbocycles. The number of rotatable bonds is 5. The van der Waals surface area contributed by atoms with E-state index in [0.717, 1.165) is 42.3 Å². The molecule has 0 bridgehead atoms. The zero-order valence-corrected chi connectivity index (χ0v) is 13.8. The number of nitrogens with zero attached hydrogens (tertiary/aromatic N) is 2. The van der Waals surface area contributed by atoms with E-state index in [2.05, 4.69) is 22.4 Å². The summed E-state index contributed by atoms with van der Waals surface area (Å²) in [5.41, 5.74) is 3.26. The van der Waals surface area contributed by atoms with Gasteiger partial charge in [-0.05, 0) is 30.5 Å². The summed E-state index contributed by atoms with van der Waals surface area (Å²) in [5.74, 6) is 0.189. The predicted octanol–water partition coefficient (Wildman–Crippen LogP) is 3.04. The molecule has 1 aliphatic rings. The molecule has 6 heteroatoms. The monoisotopic (exact) mass is 319 g/mol. The molecule has 22 heavy (non-hydrogen) atoms. The van der Waals surface area contributed by atoms with Gasteiger partial charge in [0.1, 0.15) is 0 Å². The van der Waals surface area contributed by atoms with Gasteiger partial charge in [-0.2, -0.15) is 0 Å². The van der Waals surface area contributed by atoms with Crippen LogP contribution in [0.4, 0.5) is 10.8 Å². The topological polar surface area (TPSA) is 54.5 Å². The van der Waals surface area contributed by atoms with Gasteiger partial charge in [-0.15, -0.1) is 0 Å². The van der Waals surface area contributed by atoms with Crippen LogP contribution >= 0.6 is 11.3 Å². The van der Waals surface area contributed by atoms with E-state index in [9.17, 15) is 4.79 Å². The van der Waals surface area contributed by atoms with Crippen LogP contribution in [-0.4, -0.2) is 37.7 Å². The first-order valence-corrected chi connectivity index (χ1v) is 8.51. The van der Waals surface area contributed by atoms with E-state index in [1.165, 1.54) is 10.3 Å². The van der Waals surface area contributed by atoms with Crippen molar-refractivity contribution in [3.05, 3.63) is 17.7 Å². The molecule has 3 rings (SSSR count). The van der Waals surface area contributed by atoms with Crippen molar-refractivity contribution in [1.82, 2.24) is 4.98 Å². The van der Waals surface area contributed by atoms with E-state index >= 15 is 0 Å². The third kappa shape index (κ3) is 2.94. The quantitative estimate of drug-likeness (QED) is 0.861. The molecule has 2 heterocycles. The molecule has 0 aliphatic carbocycles. The van der Waals surface area contributed by atoms with E-state index in [0.29, 0.717) is 13.0 Å². The van der Waals surface area contributed by atoms with Gasteiger partial charge in [0.2, 0.25) is 5.91 Å². The van der Waals surface area contributed by atoms with Gasteiger partial charge >= 0.3 is 0 Å². The Morgan fingerprint density at radius 2 is 2.36 bits per heavy atom. The van der Waals surface area contributed by atoms with E-state index in [1.807, 2.05) is 11.8 Å². The van der Waals surface area contributed by atoms with Crippen LogP contribution in [0.5, 0.6) is 0 Å². The van der Waals surface area contributed by atoms with E-state index in [1.54, 1.807) is 18.4 Å². The van der Waals surface area contributed by atoms with Gasteiger partial charge in [-0.25, -0.2) is 4.98 Å². The first-order valence-electron chi connectivity index (χ1n) is 7.69. The number of aryl methyl sites for hydroxylation is 1. The van der Waals surface area contributed by atoms with Gasteiger partial charge in [0.15, 0.2) is 5.13 Å². The highest BCUT2D eigenvalue weighted by Gasteiger charge is 2.22. The van der Waals surface area contributed by atoms with Crippen molar-refractivity contribution in [1.29, 1.82) is 0 Å². The van der Waals surface area contributed by atoms with Crippen LogP contribution in [0.25, 0.3) is 10.2 Å². The number of amides is 1. The number of methoxy groups -OCH3 is 1. The molecule has 1 N–H and O–H groups in total. The second kappa shape index (κ2) is 6.62. The highest BCUT2D eigenvalue weighted by atomic mass is 32.1. The zero-order valence-electron chi connectivity index (χ0n) is 13.0. The van der Waals surface area contributed by atoms with Crippen molar-refractivity contribution in [2.24, 2.45) is 0 Å². The summed E-state index contributed by atoms with van der Waals surface area (Å²) in [6, 6.07) is 4.26. The molecule has 0 radical (unpaired) electrons. The van der Waals surface area contributed by atoms with Crippen molar-refractivity contribution in [2.45, 2.75) is 26.2 Å². The highest BCUT2D eigenvalue weighted by molar-refractivity contribution is 7.22. The summed E-state index contributed by atoms with van der Waals surface area (Å²) in [5, 5.41) is 4.18. The summed E-state index contributed by atoms with van der Waals surface area (Å²) in [6.07, 6.45) is 2.60. The number of nitrogens with one attached hydrogen (secondary N) is 1. The Morgan fingerprint density at radius 3 is 3.14 bits per heavy atom. The fourth-order valence-electron chi connectivity index (χ4n) is 2.79. The Bertz CT molecular complexity index is 683. The molecule has 1 aromatic carbocycles. The number of ether oxygens (including phenoxy) is 1. The summed E-state index contributed by atoms with van der Waals surface area (Å²) in [7, 11) is 1.69. The molecule has 1 aromatic heterocycles. The lowest BCUT2D eigenvalue weighted by molar-refractivity contribution is -0.118. The summed E-state index contributed by atoms with van der Waals surface area (Å²) in [6.45, 7) is 4.13. The molecule has 5 nitrogen and oxygen atoms in total. The minimum absolute atomic E-state index is 0.189. The minimum atomic E-state index is 0.189. The van der Waals surface area contributed by atoms with Crippen LogP contribution in [0.2, 0.25) is 0 Å². The Labute approximate surface area is 134 Å². The number of carbonyl (C=O) groups excluding carboxylic acids is 1. The standard InChI is InChI=1S/C16H21N3O2S/c1-3-15(20)19-7-4-5-11-9-14-12(10-13(11)19)18-16(22-14)17-6-8-21-2/h9-10H,3-8H2,1-2H3,(H,17,18). The maximum atomic E-state index is 12.1. The fraction of sp³-hybridized carbons (Fsp3) is 0.500. The number of benzene rings is 1. The number of anilines is 2. The van der Waals surface area contributed by atoms with Crippen molar-refractivity contribution in [2.75, 3.05) is 37.0 Å². The molecule has 2 aromatic rings. The first-order chi connectivity index (χ1) is 10.7. The van der Waals surface area contributed by atoms with Crippen LogP contribution in [0.15, 0.2) is 12.1 Å². The highest BCUT2D eigenvalue weighted by Crippen LogP contribution is 2.35. The van der Waals surface area contributed by atoms with Gasteiger partial charge in [0, 0.05) is 32.3 Å². The lowest BCUT2D eigenvalue weighted by atomic mass is 10.0. The Morgan fingerprint density at radius 1 is 1.50 bits per heavy atom. The third-order valence-electron chi connectivity index (χ3n) is 3.89. The Hall–Kier alpha value is -1.66. The molecule has 0 unspecified atom stereocenters. The van der Waals surface area contributed by atoms with Crippen LogP contribution < -0.4 is 10.2 Å². The zero-order chi connectivity index (χ0) is 15.5. The smallest absolute Gasteiger partial charge is 0.226 e. The maximum absolute atomic E-state index is 12.1. The van der Waals surface area contributed by atoms with E-state index < -0.39 is 0 Å². The fourth-order valence-corrected chi connectivity index (χ4v) is 3.73. The average molecular weight is 319 g/mol. The summed E-state index contributed by atoms with van der Waals surface area (Å²) < 4.78 is 6.21. The van der Waals surface area contributed by atoms with Crippen LogP contribution in [0.3, 0.4) is 0 Å². The van der Waals surface area contributed by atoms with Crippen LogP contribution in [0, 0.1) is 0 Å². The third-order valence-corrected chi connectivity index (χ3v) is 4.87. The predicted molar refractivity (Wildman–Crippen MR) is 91.0 cm³/mol. The number of aromatic nitrogens is 1. The minimum Gasteiger partial charge on any atom is -0.383 e. The molecule has 1 aliphatic heterocycles. The van der Waals surface area contributed by atoms with Gasteiger partial charge in [-0.1, -0.05) is 18.3 Å². The SMILES string of the molecule is CCC(=O)N1CCCc2cc3sc(NCCOC)nc3cc21. The maximum Gasteiger partial charge on any atom is 0.226 e. The number of hydrogen-bond acceptors (Lipinski definition) is 5. The largest absolute Gasteiger partial charge is 0.383 e. The molecule has 0 spiro atoms. The van der Waals surface area contributed by atoms with Gasteiger partial charge in [0.05, 0.1) is 16.8 Å². The number of fused-ring (bicyclic) bond motifs is 2. The molecular formula is C16H21N3O2S. The summed E-state index contributed by atoms with van der Waals surface area (Å²) >= 11 is 1.65. The van der Waals surface area contributed by atoms with Crippen molar-refractivity contribution < 1.29 is 9.53 Å². The molecule has 0 fully saturated rings. The molecule has 118 valence electrons.